The van der Waals surface area contributed by atoms with Gasteiger partial charge in [0.2, 0.25) is 17.7 Å². The first-order valence-corrected chi connectivity index (χ1v) is 12.4. The van der Waals surface area contributed by atoms with Crippen molar-refractivity contribution in [3.05, 3.63) is 0 Å². The molecule has 5 atom stereocenters. The van der Waals surface area contributed by atoms with Gasteiger partial charge in [-0.3, -0.25) is 14.4 Å². The second-order valence-corrected chi connectivity index (χ2v) is 12.0. The second kappa shape index (κ2) is 8.84. The molecule has 3 amide bonds. The van der Waals surface area contributed by atoms with Gasteiger partial charge in [-0.15, -0.1) is 0 Å². The molecular formula is C25H43N3O5. The van der Waals surface area contributed by atoms with Crippen molar-refractivity contribution in [3.8, 4) is 0 Å². The van der Waals surface area contributed by atoms with Gasteiger partial charge in [-0.2, -0.15) is 0 Å². The summed E-state index contributed by atoms with van der Waals surface area (Å²) in [5.41, 5.74) is -2.16. The molecule has 33 heavy (non-hydrogen) atoms. The van der Waals surface area contributed by atoms with E-state index >= 15 is 0 Å². The smallest absolute Gasteiger partial charge is 0.246 e. The zero-order valence-corrected chi connectivity index (χ0v) is 21.4. The number of rotatable bonds is 9. The van der Waals surface area contributed by atoms with Crippen molar-refractivity contribution >= 4 is 17.7 Å². The molecule has 3 aliphatic rings. The van der Waals surface area contributed by atoms with Crippen LogP contribution in [0.2, 0.25) is 0 Å². The van der Waals surface area contributed by atoms with E-state index in [0.717, 1.165) is 6.42 Å². The molecule has 0 aromatic carbocycles. The normalized spacial score (nSPS) is 33.4. The summed E-state index contributed by atoms with van der Waals surface area (Å²) in [6.07, 6.45) is 3.76. The first kappa shape index (κ1) is 25.9. The Balaban J connectivity index is 2.00. The molecule has 0 radical (unpaired) electrons. The number of aliphatic hydroxyl groups excluding tert-OH is 1. The topological polar surface area (TPSA) is 108 Å². The molecule has 8 nitrogen and oxygen atoms in total. The number of carbonyl (C=O) groups excluding carboxylic acids is 3. The maximum Gasteiger partial charge on any atom is 0.246 e. The predicted molar refractivity (Wildman–Crippen MR) is 125 cm³/mol. The number of amides is 3. The summed E-state index contributed by atoms with van der Waals surface area (Å²) < 4.78 is 6.68. The average molecular weight is 466 g/mol. The highest BCUT2D eigenvalue weighted by atomic mass is 16.5. The molecule has 3 saturated heterocycles. The molecule has 188 valence electrons. The molecule has 8 heteroatoms. The van der Waals surface area contributed by atoms with Gasteiger partial charge in [0.25, 0.3) is 0 Å². The summed E-state index contributed by atoms with van der Waals surface area (Å²) in [4.78, 5) is 42.3. The third-order valence-electron chi connectivity index (χ3n) is 7.70. The summed E-state index contributed by atoms with van der Waals surface area (Å²) in [6, 6.07) is -0.781. The van der Waals surface area contributed by atoms with Crippen LogP contribution >= 0.6 is 0 Å². The molecule has 0 aromatic rings. The van der Waals surface area contributed by atoms with E-state index in [0.29, 0.717) is 38.6 Å². The molecule has 0 aliphatic carbocycles. The van der Waals surface area contributed by atoms with Gasteiger partial charge in [0.1, 0.15) is 11.6 Å². The fraction of sp³-hybridized carbons (Fsp3) is 0.880. The standard InChI is InChI=1S/C25H43N3O5/c1-8-24-11-12-25(33-24)17(16(24)19(30)26-7)21(32)28(13-9-10-14-29)18(25)20(31)27-23(5,6)15-22(2,3)4/h16-18,29H,8-15H2,1-7H3,(H,26,30)(H,27,31)/t16-,17-,18?,24+,25?/m0/s1. The van der Waals surface area contributed by atoms with Crippen molar-refractivity contribution < 1.29 is 24.2 Å². The Labute approximate surface area is 198 Å². The number of likely N-dealkylation sites (tertiary alicyclic amines) is 1. The van der Waals surface area contributed by atoms with Crippen molar-refractivity contribution in [1.82, 2.24) is 15.5 Å². The summed E-state index contributed by atoms with van der Waals surface area (Å²) in [5.74, 6) is -1.85. The lowest BCUT2D eigenvalue weighted by molar-refractivity contribution is -0.148. The van der Waals surface area contributed by atoms with Gasteiger partial charge in [0, 0.05) is 25.7 Å². The summed E-state index contributed by atoms with van der Waals surface area (Å²) >= 11 is 0. The molecular weight excluding hydrogens is 422 g/mol. The summed E-state index contributed by atoms with van der Waals surface area (Å²) in [6.45, 7) is 12.8. The number of unbranched alkanes of at least 4 members (excludes halogenated alkanes) is 1. The quantitative estimate of drug-likeness (QED) is 0.452. The van der Waals surface area contributed by atoms with E-state index in [2.05, 4.69) is 31.4 Å². The van der Waals surface area contributed by atoms with Crippen molar-refractivity contribution in [2.45, 2.75) is 103 Å². The molecule has 3 rings (SSSR count). The SMILES string of the molecule is CC[C@]12CCC3(O1)C(C(=O)NC(C)(C)CC(C)(C)C)N(CCCCO)C(=O)[C@@H]3[C@H]2C(=O)NC. The number of nitrogens with zero attached hydrogens (tertiary/aromatic N) is 1. The largest absolute Gasteiger partial charge is 0.396 e. The maximum atomic E-state index is 13.9. The lowest BCUT2D eigenvalue weighted by Crippen LogP contribution is -2.59. The van der Waals surface area contributed by atoms with Gasteiger partial charge >= 0.3 is 0 Å². The monoisotopic (exact) mass is 465 g/mol. The van der Waals surface area contributed by atoms with Crippen LogP contribution in [0.4, 0.5) is 0 Å². The van der Waals surface area contributed by atoms with Crippen LogP contribution < -0.4 is 10.6 Å². The van der Waals surface area contributed by atoms with Crippen LogP contribution in [0.1, 0.15) is 80.1 Å². The number of carbonyl (C=O) groups is 3. The lowest BCUT2D eigenvalue weighted by atomic mass is 9.65. The Hall–Kier alpha value is -1.67. The van der Waals surface area contributed by atoms with E-state index < -0.39 is 34.6 Å². The highest BCUT2D eigenvalue weighted by Crippen LogP contribution is 2.64. The van der Waals surface area contributed by atoms with E-state index in [-0.39, 0.29) is 29.7 Å². The van der Waals surface area contributed by atoms with E-state index in [9.17, 15) is 19.5 Å². The predicted octanol–water partition coefficient (Wildman–Crippen LogP) is 1.99. The van der Waals surface area contributed by atoms with Gasteiger partial charge in [-0.1, -0.05) is 27.7 Å². The Morgan fingerprint density at radius 1 is 1.15 bits per heavy atom. The number of hydrogen-bond donors (Lipinski definition) is 3. The van der Waals surface area contributed by atoms with E-state index in [4.69, 9.17) is 4.74 Å². The van der Waals surface area contributed by atoms with Gasteiger partial charge in [-0.05, 0) is 57.8 Å². The Morgan fingerprint density at radius 3 is 2.36 bits per heavy atom. The van der Waals surface area contributed by atoms with Crippen LogP contribution in [-0.2, 0) is 19.1 Å². The van der Waals surface area contributed by atoms with Gasteiger partial charge in [-0.25, -0.2) is 0 Å². The number of nitrogens with one attached hydrogen (secondary N) is 2. The average Bonchev–Trinajstić information content (AvgIpc) is 3.29. The van der Waals surface area contributed by atoms with Crippen LogP contribution in [0.15, 0.2) is 0 Å². The van der Waals surface area contributed by atoms with Crippen LogP contribution in [0.3, 0.4) is 0 Å². The first-order chi connectivity index (χ1) is 15.3. The molecule has 0 aromatic heterocycles. The zero-order chi connectivity index (χ0) is 24.8. The second-order valence-electron chi connectivity index (χ2n) is 12.0. The Bertz CT molecular complexity index is 791. The summed E-state index contributed by atoms with van der Waals surface area (Å²) in [5, 5.41) is 15.2. The molecule has 2 bridgehead atoms. The fourth-order valence-electron chi connectivity index (χ4n) is 6.98. The van der Waals surface area contributed by atoms with Crippen molar-refractivity contribution in [2.24, 2.45) is 17.3 Å². The van der Waals surface area contributed by atoms with Gasteiger partial charge in [0.15, 0.2) is 0 Å². The molecule has 3 aliphatic heterocycles. The maximum absolute atomic E-state index is 13.9. The van der Waals surface area contributed by atoms with Gasteiger partial charge < -0.3 is 25.4 Å². The minimum atomic E-state index is -0.995. The highest BCUT2D eigenvalue weighted by molar-refractivity contribution is 5.99. The van der Waals surface area contributed by atoms with Crippen molar-refractivity contribution in [2.75, 3.05) is 20.2 Å². The van der Waals surface area contributed by atoms with Crippen LogP contribution in [0.25, 0.3) is 0 Å². The third-order valence-corrected chi connectivity index (χ3v) is 7.70. The Morgan fingerprint density at radius 2 is 1.82 bits per heavy atom. The van der Waals surface area contributed by atoms with E-state index in [1.807, 2.05) is 20.8 Å². The van der Waals surface area contributed by atoms with E-state index in [1.165, 1.54) is 0 Å². The highest BCUT2D eigenvalue weighted by Gasteiger charge is 2.78. The minimum absolute atomic E-state index is 0.0167. The lowest BCUT2D eigenvalue weighted by Gasteiger charge is -2.38. The molecule has 1 spiro atoms. The first-order valence-electron chi connectivity index (χ1n) is 12.4. The van der Waals surface area contributed by atoms with Crippen LogP contribution in [-0.4, -0.2) is 70.7 Å². The molecule has 3 N–H and O–H groups in total. The van der Waals surface area contributed by atoms with Crippen molar-refractivity contribution in [3.63, 3.8) is 0 Å². The molecule has 2 unspecified atom stereocenters. The number of aliphatic hydroxyl groups is 1. The zero-order valence-electron chi connectivity index (χ0n) is 21.4. The van der Waals surface area contributed by atoms with E-state index in [1.54, 1.807) is 11.9 Å². The molecule has 0 saturated carbocycles. The van der Waals surface area contributed by atoms with Gasteiger partial charge in [0.05, 0.1) is 17.4 Å². The van der Waals surface area contributed by atoms with Crippen molar-refractivity contribution in [1.29, 1.82) is 0 Å². The molecule has 3 fully saturated rings. The minimum Gasteiger partial charge on any atom is -0.396 e. The third kappa shape index (κ3) is 4.41. The van der Waals surface area contributed by atoms with Crippen LogP contribution in [0.5, 0.6) is 0 Å². The Kier molecular flexibility index (Phi) is 6.95. The summed E-state index contributed by atoms with van der Waals surface area (Å²) in [7, 11) is 1.59. The molecule has 3 heterocycles. The number of fused-ring (bicyclic) bond motifs is 1. The fourth-order valence-corrected chi connectivity index (χ4v) is 6.98. The number of hydrogen-bond acceptors (Lipinski definition) is 5. The van der Waals surface area contributed by atoms with Crippen LogP contribution in [0, 0.1) is 17.3 Å². The number of ether oxygens (including phenoxy) is 1.